The highest BCUT2D eigenvalue weighted by molar-refractivity contribution is 7.99. The van der Waals surface area contributed by atoms with Crippen molar-refractivity contribution in [2.75, 3.05) is 0 Å². The molecule has 0 atom stereocenters. The fraction of sp³-hybridized carbons (Fsp3) is 0.0857. The lowest BCUT2D eigenvalue weighted by Crippen LogP contribution is -2.15. The molecule has 0 aromatic heterocycles. The van der Waals surface area contributed by atoms with E-state index in [-0.39, 0.29) is 5.41 Å². The van der Waals surface area contributed by atoms with Crippen LogP contribution in [-0.2, 0) is 5.41 Å². The molecular weight excluding hydrogens is 452 g/mol. The molecule has 6 aromatic rings. The first-order chi connectivity index (χ1) is 17.6. The zero-order valence-electron chi connectivity index (χ0n) is 20.3. The van der Waals surface area contributed by atoms with E-state index in [0.717, 1.165) is 0 Å². The molecule has 0 radical (unpaired) electrons. The van der Waals surface area contributed by atoms with Gasteiger partial charge in [-0.2, -0.15) is 0 Å². The largest absolute Gasteiger partial charge is 0.0888 e. The fourth-order valence-corrected chi connectivity index (χ4v) is 7.47. The Bertz CT molecular complexity index is 1880. The molecule has 1 heterocycles. The number of rotatable bonds is 1. The molecule has 36 heavy (non-hydrogen) atoms. The number of hydrogen-bond donors (Lipinski definition) is 0. The van der Waals surface area contributed by atoms with Gasteiger partial charge in [0.05, 0.1) is 0 Å². The van der Waals surface area contributed by atoms with Crippen LogP contribution < -0.4 is 0 Å². The van der Waals surface area contributed by atoms with E-state index >= 15 is 0 Å². The topological polar surface area (TPSA) is 0 Å². The van der Waals surface area contributed by atoms with Crippen LogP contribution in [-0.4, -0.2) is 0 Å². The SMILES string of the molecule is CC1(C)c2cc(-c3ccc4c(c3)-c3cccc5cccc(c35)S4)ccc2-c2cc3ccccc3cc21. The molecule has 6 aromatic carbocycles. The molecule has 0 saturated carbocycles. The highest BCUT2D eigenvalue weighted by Gasteiger charge is 2.36. The average molecular weight is 477 g/mol. The third-order valence-corrected chi connectivity index (χ3v) is 9.37. The Morgan fingerprint density at radius 1 is 0.472 bits per heavy atom. The molecule has 0 bridgehead atoms. The van der Waals surface area contributed by atoms with Crippen LogP contribution in [0.1, 0.15) is 25.0 Å². The first kappa shape index (κ1) is 20.4. The zero-order valence-corrected chi connectivity index (χ0v) is 21.1. The molecule has 8 rings (SSSR count). The summed E-state index contributed by atoms with van der Waals surface area (Å²) in [7, 11) is 0. The Balaban J connectivity index is 1.29. The Morgan fingerprint density at radius 2 is 1.17 bits per heavy atom. The Labute approximate surface area is 215 Å². The van der Waals surface area contributed by atoms with Gasteiger partial charge in [-0.3, -0.25) is 0 Å². The first-order valence-electron chi connectivity index (χ1n) is 12.6. The van der Waals surface area contributed by atoms with Gasteiger partial charge in [0, 0.05) is 20.6 Å². The molecule has 0 nitrogen and oxygen atoms in total. The van der Waals surface area contributed by atoms with Gasteiger partial charge in [0.25, 0.3) is 0 Å². The molecule has 0 saturated heterocycles. The van der Waals surface area contributed by atoms with E-state index < -0.39 is 0 Å². The van der Waals surface area contributed by atoms with Crippen molar-refractivity contribution in [3.8, 4) is 33.4 Å². The number of hydrogen-bond acceptors (Lipinski definition) is 1. The summed E-state index contributed by atoms with van der Waals surface area (Å²) in [5.74, 6) is 0. The molecule has 1 aliphatic carbocycles. The molecule has 1 aliphatic heterocycles. The molecule has 1 heteroatoms. The number of benzene rings is 6. The molecule has 170 valence electrons. The van der Waals surface area contributed by atoms with Crippen molar-refractivity contribution < 1.29 is 0 Å². The van der Waals surface area contributed by atoms with Gasteiger partial charge in [-0.1, -0.05) is 98.4 Å². The van der Waals surface area contributed by atoms with Gasteiger partial charge in [0.1, 0.15) is 0 Å². The maximum atomic E-state index is 2.44. The van der Waals surface area contributed by atoms with Crippen molar-refractivity contribution >= 4 is 33.3 Å². The van der Waals surface area contributed by atoms with Crippen LogP contribution in [0.15, 0.2) is 119 Å². The Kier molecular flexibility index (Phi) is 4.03. The average Bonchev–Trinajstić information content (AvgIpc) is 3.13. The van der Waals surface area contributed by atoms with Gasteiger partial charge in [0.2, 0.25) is 0 Å². The summed E-state index contributed by atoms with van der Waals surface area (Å²) >= 11 is 1.89. The van der Waals surface area contributed by atoms with E-state index in [1.165, 1.54) is 75.8 Å². The van der Waals surface area contributed by atoms with Crippen LogP contribution >= 0.6 is 11.8 Å². The van der Waals surface area contributed by atoms with E-state index in [2.05, 4.69) is 123 Å². The second-order valence-electron chi connectivity index (χ2n) is 10.6. The lowest BCUT2D eigenvalue weighted by molar-refractivity contribution is 0.661. The Hall–Kier alpha value is -3.81. The summed E-state index contributed by atoms with van der Waals surface area (Å²) in [5.41, 5.74) is 10.8. The maximum absolute atomic E-state index is 2.44. The molecule has 0 amide bonds. The molecule has 0 fully saturated rings. The molecular formula is C35H24S. The van der Waals surface area contributed by atoms with Crippen molar-refractivity contribution in [1.82, 2.24) is 0 Å². The predicted octanol–water partition coefficient (Wildman–Crippen LogP) is 10.1. The van der Waals surface area contributed by atoms with Crippen LogP contribution in [0.5, 0.6) is 0 Å². The summed E-state index contributed by atoms with van der Waals surface area (Å²) in [5, 5.41) is 5.33. The van der Waals surface area contributed by atoms with Crippen molar-refractivity contribution in [2.24, 2.45) is 0 Å². The molecule has 0 N–H and O–H groups in total. The van der Waals surface area contributed by atoms with Gasteiger partial charge in [-0.15, -0.1) is 0 Å². The third-order valence-electron chi connectivity index (χ3n) is 8.23. The monoisotopic (exact) mass is 476 g/mol. The van der Waals surface area contributed by atoms with Crippen LogP contribution in [0.25, 0.3) is 54.9 Å². The van der Waals surface area contributed by atoms with E-state index in [1.807, 2.05) is 11.8 Å². The van der Waals surface area contributed by atoms with Gasteiger partial charge in [-0.05, 0) is 97.1 Å². The Morgan fingerprint density at radius 3 is 2.03 bits per heavy atom. The normalized spacial score (nSPS) is 14.5. The summed E-state index contributed by atoms with van der Waals surface area (Å²) < 4.78 is 0. The smallest absolute Gasteiger partial charge is 0.0207 e. The van der Waals surface area contributed by atoms with Crippen LogP contribution in [0.4, 0.5) is 0 Å². The predicted molar refractivity (Wildman–Crippen MR) is 154 cm³/mol. The second-order valence-corrected chi connectivity index (χ2v) is 11.7. The lowest BCUT2D eigenvalue weighted by Gasteiger charge is -2.23. The summed E-state index contributed by atoms with van der Waals surface area (Å²) in [4.78, 5) is 2.69. The number of fused-ring (bicyclic) bond motifs is 6. The minimum absolute atomic E-state index is 0.0285. The fourth-order valence-electron chi connectivity index (χ4n) is 6.34. The highest BCUT2D eigenvalue weighted by Crippen LogP contribution is 2.52. The van der Waals surface area contributed by atoms with E-state index in [9.17, 15) is 0 Å². The van der Waals surface area contributed by atoms with Gasteiger partial charge < -0.3 is 0 Å². The highest BCUT2D eigenvalue weighted by atomic mass is 32.2. The van der Waals surface area contributed by atoms with Crippen molar-refractivity contribution in [1.29, 1.82) is 0 Å². The minimum atomic E-state index is -0.0285. The van der Waals surface area contributed by atoms with E-state index in [1.54, 1.807) is 0 Å². The van der Waals surface area contributed by atoms with Gasteiger partial charge in [-0.25, -0.2) is 0 Å². The summed E-state index contributed by atoms with van der Waals surface area (Å²) in [6, 6.07) is 40.9. The second kappa shape index (κ2) is 7.12. The molecule has 0 spiro atoms. The first-order valence-corrected chi connectivity index (χ1v) is 13.4. The third kappa shape index (κ3) is 2.72. The minimum Gasteiger partial charge on any atom is -0.0888 e. The standard InChI is InChI=1S/C35H24S/c1-35(2)30-20-25(13-15-26(30)28-17-22-7-3-4-8-23(22)19-31(28)35)24-14-16-32-29(18-24)27-11-5-9-21-10-6-12-33(36-32)34(21)27/h3-20H,1-2H3. The van der Waals surface area contributed by atoms with E-state index in [0.29, 0.717) is 0 Å². The molecule has 0 unspecified atom stereocenters. The van der Waals surface area contributed by atoms with Gasteiger partial charge >= 0.3 is 0 Å². The van der Waals surface area contributed by atoms with Crippen molar-refractivity contribution in [3.05, 3.63) is 120 Å². The zero-order chi connectivity index (χ0) is 24.0. The van der Waals surface area contributed by atoms with Crippen LogP contribution in [0.2, 0.25) is 0 Å². The van der Waals surface area contributed by atoms with Crippen LogP contribution in [0, 0.1) is 0 Å². The van der Waals surface area contributed by atoms with Crippen molar-refractivity contribution in [2.45, 2.75) is 29.1 Å². The lowest BCUT2D eigenvalue weighted by atomic mass is 9.81. The molecule has 2 aliphatic rings. The van der Waals surface area contributed by atoms with E-state index in [4.69, 9.17) is 0 Å². The quantitative estimate of drug-likeness (QED) is 0.227. The summed E-state index contributed by atoms with van der Waals surface area (Å²) in [6.45, 7) is 4.74. The van der Waals surface area contributed by atoms with Gasteiger partial charge in [0.15, 0.2) is 0 Å². The summed E-state index contributed by atoms with van der Waals surface area (Å²) in [6.07, 6.45) is 0. The van der Waals surface area contributed by atoms with Crippen LogP contribution in [0.3, 0.4) is 0 Å². The maximum Gasteiger partial charge on any atom is 0.0207 e. The van der Waals surface area contributed by atoms with Crippen molar-refractivity contribution in [3.63, 3.8) is 0 Å².